The first-order valence-electron chi connectivity index (χ1n) is 12.4. The molecule has 0 heterocycles. The van der Waals surface area contributed by atoms with Gasteiger partial charge in [-0.15, -0.1) is 0 Å². The lowest BCUT2D eigenvalue weighted by Gasteiger charge is -2.07. The summed E-state index contributed by atoms with van der Waals surface area (Å²) in [5, 5.41) is 8.00. The van der Waals surface area contributed by atoms with Crippen molar-refractivity contribution in [3.8, 4) is 0 Å². The summed E-state index contributed by atoms with van der Waals surface area (Å²) in [6.45, 7) is 5.43. The van der Waals surface area contributed by atoms with Gasteiger partial charge in [-0.05, 0) is 31.5 Å². The van der Waals surface area contributed by atoms with Gasteiger partial charge in [-0.2, -0.15) is 5.10 Å². The van der Waals surface area contributed by atoms with Crippen LogP contribution in [0.3, 0.4) is 0 Å². The van der Waals surface area contributed by atoms with Gasteiger partial charge < -0.3 is 5.32 Å². The second-order valence-electron chi connectivity index (χ2n) is 8.12. The first-order chi connectivity index (χ1) is 13.8. The minimum Gasteiger partial charge on any atom is -0.361 e. The third-order valence-electron chi connectivity index (χ3n) is 5.26. The molecule has 0 aliphatic rings. The molecule has 0 spiro atoms. The average Bonchev–Trinajstić information content (AvgIpc) is 2.70. The van der Waals surface area contributed by atoms with Crippen LogP contribution in [0.4, 0.5) is 0 Å². The van der Waals surface area contributed by atoms with E-state index in [-0.39, 0.29) is 0 Å². The number of hydrogen-bond donors (Lipinski definition) is 2. The van der Waals surface area contributed by atoms with Gasteiger partial charge in [0, 0.05) is 12.8 Å². The summed E-state index contributed by atoms with van der Waals surface area (Å²) in [5.74, 6) is 0. The Hall–Kier alpha value is -0.640. The Bertz CT molecular complexity index is 345. The van der Waals surface area contributed by atoms with Crippen LogP contribution >= 0.6 is 12.2 Å². The number of rotatable bonds is 21. The molecular formula is C24H49N3S. The Morgan fingerprint density at radius 2 is 1.07 bits per heavy atom. The summed E-state index contributed by atoms with van der Waals surface area (Å²) < 4.78 is 0. The highest BCUT2D eigenvalue weighted by molar-refractivity contribution is 7.80. The van der Waals surface area contributed by atoms with Crippen LogP contribution in [0.2, 0.25) is 0 Å². The van der Waals surface area contributed by atoms with Gasteiger partial charge in [0.05, 0.1) is 0 Å². The van der Waals surface area contributed by atoms with Crippen LogP contribution in [-0.2, 0) is 0 Å². The molecule has 0 aliphatic heterocycles. The molecule has 0 fully saturated rings. The zero-order valence-corrected chi connectivity index (χ0v) is 19.9. The van der Waals surface area contributed by atoms with Crippen LogP contribution in [-0.4, -0.2) is 17.9 Å². The summed E-state index contributed by atoms with van der Waals surface area (Å²) in [6, 6.07) is 0. The van der Waals surface area contributed by atoms with Crippen molar-refractivity contribution in [2.75, 3.05) is 6.54 Å². The molecule has 166 valence electrons. The van der Waals surface area contributed by atoms with Crippen LogP contribution in [0.15, 0.2) is 5.10 Å². The first kappa shape index (κ1) is 27.4. The van der Waals surface area contributed by atoms with Crippen LogP contribution in [0.1, 0.15) is 136 Å². The van der Waals surface area contributed by atoms with Gasteiger partial charge in [0.15, 0.2) is 5.11 Å². The van der Waals surface area contributed by atoms with Crippen LogP contribution in [0.5, 0.6) is 0 Å². The monoisotopic (exact) mass is 411 g/mol. The quantitative estimate of drug-likeness (QED) is 0.0872. The number of nitrogens with one attached hydrogen (secondary N) is 2. The number of unbranched alkanes of at least 4 members (excludes halogenated alkanes) is 17. The molecule has 0 saturated carbocycles. The molecule has 28 heavy (non-hydrogen) atoms. The molecule has 0 unspecified atom stereocenters. The maximum absolute atomic E-state index is 5.21. The van der Waals surface area contributed by atoms with Crippen molar-refractivity contribution in [3.05, 3.63) is 0 Å². The molecule has 2 N–H and O–H groups in total. The molecule has 0 saturated heterocycles. The summed E-state index contributed by atoms with van der Waals surface area (Å²) in [5.41, 5.74) is 2.89. The lowest BCUT2D eigenvalue weighted by atomic mass is 10.0. The van der Waals surface area contributed by atoms with Gasteiger partial charge >= 0.3 is 0 Å². The molecule has 0 aromatic carbocycles. The number of nitrogens with zero attached hydrogens (tertiary/aromatic N) is 1. The second-order valence-corrected chi connectivity index (χ2v) is 8.53. The summed E-state index contributed by atoms with van der Waals surface area (Å²) in [6.07, 6.45) is 27.8. The molecule has 0 aromatic rings. The SMILES string of the molecule is CCCCC=NNC(=S)NCCCCCCCCCCCCCCCCCC. The molecule has 3 nitrogen and oxygen atoms in total. The fourth-order valence-corrected chi connectivity index (χ4v) is 3.53. The van der Waals surface area contributed by atoms with Gasteiger partial charge in [0.2, 0.25) is 0 Å². The molecule has 0 rings (SSSR count). The van der Waals surface area contributed by atoms with Crippen molar-refractivity contribution in [1.29, 1.82) is 0 Å². The van der Waals surface area contributed by atoms with E-state index in [9.17, 15) is 0 Å². The standard InChI is InChI=1S/C24H49N3S/c1-3-5-7-8-9-10-11-12-13-14-15-16-17-18-19-21-22-25-24(28)27-26-23-20-6-4-2/h23H,3-22H2,1-2H3,(H2,25,27,28). The van der Waals surface area contributed by atoms with Crippen LogP contribution in [0.25, 0.3) is 0 Å². The van der Waals surface area contributed by atoms with E-state index in [1.54, 1.807) is 0 Å². The third-order valence-corrected chi connectivity index (χ3v) is 5.50. The van der Waals surface area contributed by atoms with Crippen molar-refractivity contribution in [3.63, 3.8) is 0 Å². The smallest absolute Gasteiger partial charge is 0.186 e. The highest BCUT2D eigenvalue weighted by Crippen LogP contribution is 2.13. The predicted octanol–water partition coefficient (Wildman–Crippen LogP) is 7.89. The van der Waals surface area contributed by atoms with Gasteiger partial charge in [-0.25, -0.2) is 0 Å². The minimum atomic E-state index is 0.647. The molecule has 0 aliphatic carbocycles. The maximum Gasteiger partial charge on any atom is 0.186 e. The Kier molecular flexibility index (Phi) is 23.8. The maximum atomic E-state index is 5.21. The Labute approximate surface area is 181 Å². The molecule has 0 aromatic heterocycles. The Balaban J connectivity index is 3.13. The zero-order chi connectivity index (χ0) is 20.5. The normalized spacial score (nSPS) is 11.2. The minimum absolute atomic E-state index is 0.647. The fourth-order valence-electron chi connectivity index (χ4n) is 3.38. The fraction of sp³-hybridized carbons (Fsp3) is 0.917. The predicted molar refractivity (Wildman–Crippen MR) is 131 cm³/mol. The van der Waals surface area contributed by atoms with Gasteiger partial charge in [0.1, 0.15) is 0 Å². The summed E-state index contributed by atoms with van der Waals surface area (Å²) in [7, 11) is 0. The van der Waals surface area contributed by atoms with E-state index in [2.05, 4.69) is 29.7 Å². The Morgan fingerprint density at radius 1 is 0.643 bits per heavy atom. The van der Waals surface area contributed by atoms with E-state index in [0.29, 0.717) is 5.11 Å². The molecule has 0 atom stereocenters. The van der Waals surface area contributed by atoms with Gasteiger partial charge in [-0.1, -0.05) is 117 Å². The molecule has 0 amide bonds. The topological polar surface area (TPSA) is 36.4 Å². The summed E-state index contributed by atoms with van der Waals surface area (Å²) in [4.78, 5) is 0. The van der Waals surface area contributed by atoms with Crippen molar-refractivity contribution >= 4 is 23.5 Å². The van der Waals surface area contributed by atoms with Gasteiger partial charge in [-0.3, -0.25) is 5.43 Å². The summed E-state index contributed by atoms with van der Waals surface area (Å²) >= 11 is 5.21. The largest absolute Gasteiger partial charge is 0.361 e. The molecule has 0 bridgehead atoms. The second kappa shape index (κ2) is 24.4. The molecular weight excluding hydrogens is 362 g/mol. The lowest BCUT2D eigenvalue weighted by molar-refractivity contribution is 0.529. The zero-order valence-electron chi connectivity index (χ0n) is 19.1. The van der Waals surface area contributed by atoms with E-state index in [1.807, 2.05) is 6.21 Å². The van der Waals surface area contributed by atoms with Crippen molar-refractivity contribution in [1.82, 2.24) is 10.7 Å². The van der Waals surface area contributed by atoms with E-state index in [0.717, 1.165) is 13.0 Å². The van der Waals surface area contributed by atoms with Gasteiger partial charge in [0.25, 0.3) is 0 Å². The third kappa shape index (κ3) is 23.4. The highest BCUT2D eigenvalue weighted by atomic mass is 32.1. The first-order valence-corrected chi connectivity index (χ1v) is 12.8. The Morgan fingerprint density at radius 3 is 1.54 bits per heavy atom. The molecule has 4 heteroatoms. The van der Waals surface area contributed by atoms with E-state index < -0.39 is 0 Å². The van der Waals surface area contributed by atoms with E-state index >= 15 is 0 Å². The average molecular weight is 412 g/mol. The van der Waals surface area contributed by atoms with E-state index in [4.69, 9.17) is 12.2 Å². The highest BCUT2D eigenvalue weighted by Gasteiger charge is 1.96. The van der Waals surface area contributed by atoms with E-state index in [1.165, 1.54) is 116 Å². The number of hydrazone groups is 1. The van der Waals surface area contributed by atoms with Crippen LogP contribution in [0, 0.1) is 0 Å². The van der Waals surface area contributed by atoms with Crippen LogP contribution < -0.4 is 10.7 Å². The lowest BCUT2D eigenvalue weighted by Crippen LogP contribution is -2.32. The van der Waals surface area contributed by atoms with Crippen molar-refractivity contribution in [2.45, 2.75) is 136 Å². The van der Waals surface area contributed by atoms with Crippen molar-refractivity contribution in [2.24, 2.45) is 5.10 Å². The number of hydrogen-bond acceptors (Lipinski definition) is 2. The molecule has 0 radical (unpaired) electrons. The number of thiocarbonyl (C=S) groups is 1. The van der Waals surface area contributed by atoms with Crippen molar-refractivity contribution < 1.29 is 0 Å².